The third-order valence-electron chi connectivity index (χ3n) is 3.90. The Balaban J connectivity index is 1.65. The van der Waals surface area contributed by atoms with E-state index in [0.29, 0.717) is 29.5 Å². The molecule has 0 bridgehead atoms. The molecule has 1 unspecified atom stereocenters. The standard InChI is InChI=1S/C18H19NO3S/c1-13(20)16-7-8-17(23-16)18(21)19-9-10-22-15(12-19)11-14-5-3-2-4-6-14/h2-8,15H,9-12H2,1H3. The first-order valence-electron chi connectivity index (χ1n) is 7.69. The van der Waals surface area contributed by atoms with Crippen LogP contribution in [0, 0.1) is 0 Å². The Morgan fingerprint density at radius 1 is 1.17 bits per heavy atom. The lowest BCUT2D eigenvalue weighted by Crippen LogP contribution is -2.46. The highest BCUT2D eigenvalue weighted by molar-refractivity contribution is 7.15. The summed E-state index contributed by atoms with van der Waals surface area (Å²) in [4.78, 5) is 27.1. The topological polar surface area (TPSA) is 46.6 Å². The molecule has 0 radical (unpaired) electrons. The second kappa shape index (κ2) is 7.06. The fourth-order valence-corrected chi connectivity index (χ4v) is 3.57. The van der Waals surface area contributed by atoms with Crippen molar-refractivity contribution in [1.29, 1.82) is 0 Å². The summed E-state index contributed by atoms with van der Waals surface area (Å²) in [5, 5.41) is 0. The molecule has 0 saturated carbocycles. The lowest BCUT2D eigenvalue weighted by Gasteiger charge is -2.32. The zero-order valence-corrected chi connectivity index (χ0v) is 13.8. The normalized spacial score (nSPS) is 18.0. The quantitative estimate of drug-likeness (QED) is 0.810. The summed E-state index contributed by atoms with van der Waals surface area (Å²) in [5.41, 5.74) is 1.21. The maximum Gasteiger partial charge on any atom is 0.264 e. The van der Waals surface area contributed by atoms with Crippen molar-refractivity contribution in [2.75, 3.05) is 19.7 Å². The highest BCUT2D eigenvalue weighted by Crippen LogP contribution is 2.21. The van der Waals surface area contributed by atoms with Crippen LogP contribution in [0.3, 0.4) is 0 Å². The lowest BCUT2D eigenvalue weighted by atomic mass is 10.1. The maximum atomic E-state index is 12.6. The van der Waals surface area contributed by atoms with Gasteiger partial charge in [-0.25, -0.2) is 0 Å². The average Bonchev–Trinajstić information content (AvgIpc) is 3.06. The summed E-state index contributed by atoms with van der Waals surface area (Å²) in [6, 6.07) is 13.6. The van der Waals surface area contributed by atoms with Crippen molar-refractivity contribution < 1.29 is 14.3 Å². The first-order chi connectivity index (χ1) is 11.1. The third-order valence-corrected chi connectivity index (χ3v) is 5.07. The molecule has 0 aliphatic carbocycles. The lowest BCUT2D eigenvalue weighted by molar-refractivity contribution is -0.0206. The Hall–Kier alpha value is -1.98. The van der Waals surface area contributed by atoms with E-state index < -0.39 is 0 Å². The number of benzene rings is 1. The van der Waals surface area contributed by atoms with Crippen molar-refractivity contribution in [3.8, 4) is 0 Å². The molecule has 2 aromatic rings. The van der Waals surface area contributed by atoms with Crippen molar-refractivity contribution in [1.82, 2.24) is 4.90 Å². The van der Waals surface area contributed by atoms with E-state index in [1.165, 1.54) is 23.8 Å². The van der Waals surface area contributed by atoms with Crippen LogP contribution < -0.4 is 0 Å². The van der Waals surface area contributed by atoms with E-state index in [4.69, 9.17) is 4.74 Å². The second-order valence-electron chi connectivity index (χ2n) is 5.65. The number of morpholine rings is 1. The second-order valence-corrected chi connectivity index (χ2v) is 6.74. The molecule has 5 heteroatoms. The molecule has 0 N–H and O–H groups in total. The van der Waals surface area contributed by atoms with Crippen LogP contribution in [-0.4, -0.2) is 42.4 Å². The molecule has 2 heterocycles. The van der Waals surface area contributed by atoms with Crippen molar-refractivity contribution in [3.05, 3.63) is 57.8 Å². The highest BCUT2D eigenvalue weighted by Gasteiger charge is 2.26. The first-order valence-corrected chi connectivity index (χ1v) is 8.50. The van der Waals surface area contributed by atoms with E-state index in [1.807, 2.05) is 23.1 Å². The van der Waals surface area contributed by atoms with Crippen LogP contribution in [0.4, 0.5) is 0 Å². The summed E-state index contributed by atoms with van der Waals surface area (Å²) in [6.07, 6.45) is 0.815. The van der Waals surface area contributed by atoms with E-state index >= 15 is 0 Å². The monoisotopic (exact) mass is 329 g/mol. The van der Waals surface area contributed by atoms with Crippen LogP contribution in [0.1, 0.15) is 31.8 Å². The van der Waals surface area contributed by atoms with E-state index in [9.17, 15) is 9.59 Å². The van der Waals surface area contributed by atoms with Gasteiger partial charge in [0.2, 0.25) is 0 Å². The molecule has 1 aromatic heterocycles. The van der Waals surface area contributed by atoms with Gasteiger partial charge in [0.25, 0.3) is 5.91 Å². The highest BCUT2D eigenvalue weighted by atomic mass is 32.1. The van der Waals surface area contributed by atoms with Crippen LogP contribution in [0.2, 0.25) is 0 Å². The van der Waals surface area contributed by atoms with Gasteiger partial charge in [0.15, 0.2) is 5.78 Å². The summed E-state index contributed by atoms with van der Waals surface area (Å²) in [6.45, 7) is 3.25. The Labute approximate surface area is 139 Å². The van der Waals surface area contributed by atoms with Gasteiger partial charge in [-0.1, -0.05) is 30.3 Å². The molecule has 1 aliphatic rings. The summed E-state index contributed by atoms with van der Waals surface area (Å²) in [5.74, 6) is -0.0122. The van der Waals surface area contributed by atoms with Crippen LogP contribution in [0.25, 0.3) is 0 Å². The first kappa shape index (κ1) is 15.9. The number of hydrogen-bond donors (Lipinski definition) is 0. The molecular weight excluding hydrogens is 310 g/mol. The summed E-state index contributed by atoms with van der Waals surface area (Å²) >= 11 is 1.27. The molecule has 23 heavy (non-hydrogen) atoms. The van der Waals surface area contributed by atoms with Crippen molar-refractivity contribution in [2.24, 2.45) is 0 Å². The molecule has 1 fully saturated rings. The largest absolute Gasteiger partial charge is 0.374 e. The van der Waals surface area contributed by atoms with E-state index in [-0.39, 0.29) is 17.8 Å². The van der Waals surface area contributed by atoms with E-state index in [2.05, 4.69) is 12.1 Å². The summed E-state index contributed by atoms with van der Waals surface area (Å²) in [7, 11) is 0. The van der Waals surface area contributed by atoms with Gasteiger partial charge in [-0.3, -0.25) is 9.59 Å². The summed E-state index contributed by atoms with van der Waals surface area (Å²) < 4.78 is 5.80. The smallest absolute Gasteiger partial charge is 0.264 e. The van der Waals surface area contributed by atoms with Gasteiger partial charge in [-0.15, -0.1) is 11.3 Å². The number of thiophene rings is 1. The van der Waals surface area contributed by atoms with Gasteiger partial charge in [-0.05, 0) is 24.6 Å². The van der Waals surface area contributed by atoms with Crippen LogP contribution in [0.15, 0.2) is 42.5 Å². The molecule has 1 saturated heterocycles. The molecular formula is C18H19NO3S. The van der Waals surface area contributed by atoms with E-state index in [1.54, 1.807) is 12.1 Å². The van der Waals surface area contributed by atoms with Crippen molar-refractivity contribution in [2.45, 2.75) is 19.4 Å². The Morgan fingerprint density at radius 3 is 2.61 bits per heavy atom. The predicted molar refractivity (Wildman–Crippen MR) is 90.1 cm³/mol. The third kappa shape index (κ3) is 3.86. The van der Waals surface area contributed by atoms with Crippen LogP contribution >= 0.6 is 11.3 Å². The molecule has 1 atom stereocenters. The maximum absolute atomic E-state index is 12.6. The van der Waals surface area contributed by atoms with Gasteiger partial charge in [0, 0.05) is 19.5 Å². The molecule has 4 nitrogen and oxygen atoms in total. The number of carbonyl (C=O) groups is 2. The minimum Gasteiger partial charge on any atom is -0.374 e. The SMILES string of the molecule is CC(=O)c1ccc(C(=O)N2CCOC(Cc3ccccc3)C2)s1. The number of ether oxygens (including phenoxy) is 1. The molecule has 1 amide bonds. The minimum atomic E-state index is -0.0103. The van der Waals surface area contributed by atoms with Gasteiger partial charge in [-0.2, -0.15) is 0 Å². The number of amides is 1. The number of carbonyl (C=O) groups excluding carboxylic acids is 2. The zero-order chi connectivity index (χ0) is 16.2. The van der Waals surface area contributed by atoms with Crippen LogP contribution in [-0.2, 0) is 11.2 Å². The number of nitrogens with zero attached hydrogens (tertiary/aromatic N) is 1. The van der Waals surface area contributed by atoms with Gasteiger partial charge in [0.1, 0.15) is 0 Å². The number of ketones is 1. The zero-order valence-electron chi connectivity index (χ0n) is 13.0. The van der Waals surface area contributed by atoms with Gasteiger partial charge >= 0.3 is 0 Å². The molecule has 120 valence electrons. The molecule has 1 aliphatic heterocycles. The van der Waals surface area contributed by atoms with Gasteiger partial charge < -0.3 is 9.64 Å². The van der Waals surface area contributed by atoms with Gasteiger partial charge in [0.05, 0.1) is 22.5 Å². The van der Waals surface area contributed by atoms with Crippen molar-refractivity contribution >= 4 is 23.0 Å². The Kier molecular flexibility index (Phi) is 4.88. The van der Waals surface area contributed by atoms with Crippen molar-refractivity contribution in [3.63, 3.8) is 0 Å². The Morgan fingerprint density at radius 2 is 1.91 bits per heavy atom. The molecule has 1 aromatic carbocycles. The molecule has 0 spiro atoms. The fourth-order valence-electron chi connectivity index (χ4n) is 2.70. The minimum absolute atomic E-state index is 0.00187. The number of Topliss-reactive ketones (excluding diaryl/α,β-unsaturated/α-hetero) is 1. The van der Waals surface area contributed by atoms with Crippen LogP contribution in [0.5, 0.6) is 0 Å². The predicted octanol–water partition coefficient (Wildman–Crippen LogP) is 3.03. The Bertz CT molecular complexity index is 695. The number of hydrogen-bond acceptors (Lipinski definition) is 4. The number of rotatable bonds is 4. The van der Waals surface area contributed by atoms with E-state index in [0.717, 1.165) is 6.42 Å². The average molecular weight is 329 g/mol. The molecule has 3 rings (SSSR count). The fraction of sp³-hybridized carbons (Fsp3) is 0.333.